The zero-order chi connectivity index (χ0) is 14.7. The lowest BCUT2D eigenvalue weighted by Gasteiger charge is -2.18. The number of rotatable bonds is 3. The summed E-state index contributed by atoms with van der Waals surface area (Å²) in [5, 5.41) is 5.07. The summed E-state index contributed by atoms with van der Waals surface area (Å²) >= 11 is 5.85. The Hall–Kier alpha value is -2.20. The maximum Gasteiger partial charge on any atom is 0.162 e. The predicted molar refractivity (Wildman–Crippen MR) is 84.7 cm³/mol. The van der Waals surface area contributed by atoms with Gasteiger partial charge in [0.25, 0.3) is 0 Å². The van der Waals surface area contributed by atoms with Crippen LogP contribution in [0.3, 0.4) is 0 Å². The van der Waals surface area contributed by atoms with Gasteiger partial charge in [-0.2, -0.15) is 5.10 Å². The van der Waals surface area contributed by atoms with Crippen LogP contribution in [0, 0.1) is 0 Å². The number of benzene rings is 2. The molecule has 0 aliphatic carbocycles. The van der Waals surface area contributed by atoms with Gasteiger partial charge in [-0.3, -0.25) is 5.43 Å². The van der Waals surface area contributed by atoms with Crippen molar-refractivity contribution in [3.63, 3.8) is 0 Å². The molecule has 0 spiro atoms. The number of nitrogens with zero attached hydrogens (tertiary/aromatic N) is 1. The van der Waals surface area contributed by atoms with Crippen LogP contribution in [0.1, 0.15) is 12.5 Å². The first-order valence-electron chi connectivity index (χ1n) is 6.68. The van der Waals surface area contributed by atoms with Gasteiger partial charge in [-0.1, -0.05) is 11.6 Å². The molecule has 108 valence electrons. The van der Waals surface area contributed by atoms with Gasteiger partial charge in [0.05, 0.1) is 11.4 Å². The molecule has 0 amide bonds. The second kappa shape index (κ2) is 6.06. The number of anilines is 1. The van der Waals surface area contributed by atoms with Gasteiger partial charge in [-0.15, -0.1) is 0 Å². The van der Waals surface area contributed by atoms with Crippen molar-refractivity contribution in [2.24, 2.45) is 5.10 Å². The Bertz CT molecular complexity index is 668. The van der Waals surface area contributed by atoms with E-state index in [1.807, 2.05) is 49.4 Å². The summed E-state index contributed by atoms with van der Waals surface area (Å²) in [6.07, 6.45) is 0. The molecule has 1 heterocycles. The van der Waals surface area contributed by atoms with E-state index in [1.54, 1.807) is 0 Å². The molecule has 1 aliphatic heterocycles. The summed E-state index contributed by atoms with van der Waals surface area (Å²) in [6, 6.07) is 13.2. The first kappa shape index (κ1) is 13.8. The summed E-state index contributed by atoms with van der Waals surface area (Å²) in [5.41, 5.74) is 5.74. The molecule has 0 saturated carbocycles. The van der Waals surface area contributed by atoms with Crippen LogP contribution in [0.15, 0.2) is 47.6 Å². The zero-order valence-corrected chi connectivity index (χ0v) is 12.4. The van der Waals surface area contributed by atoms with Crippen molar-refractivity contribution in [1.82, 2.24) is 0 Å². The van der Waals surface area contributed by atoms with Gasteiger partial charge in [-0.25, -0.2) is 0 Å². The average Bonchev–Trinajstić information content (AvgIpc) is 2.53. The Kier molecular flexibility index (Phi) is 3.97. The highest BCUT2D eigenvalue weighted by molar-refractivity contribution is 6.30. The van der Waals surface area contributed by atoms with E-state index < -0.39 is 0 Å². The van der Waals surface area contributed by atoms with Crippen LogP contribution in [0.4, 0.5) is 5.69 Å². The molecule has 0 saturated heterocycles. The van der Waals surface area contributed by atoms with Gasteiger partial charge < -0.3 is 9.47 Å². The van der Waals surface area contributed by atoms with E-state index in [-0.39, 0.29) is 0 Å². The Morgan fingerprint density at radius 1 is 1.05 bits per heavy atom. The summed E-state index contributed by atoms with van der Waals surface area (Å²) in [7, 11) is 0. The average molecular weight is 303 g/mol. The van der Waals surface area contributed by atoms with Gasteiger partial charge in [0.1, 0.15) is 13.2 Å². The van der Waals surface area contributed by atoms with Gasteiger partial charge >= 0.3 is 0 Å². The molecule has 0 radical (unpaired) electrons. The van der Waals surface area contributed by atoms with E-state index in [2.05, 4.69) is 10.5 Å². The number of ether oxygens (including phenoxy) is 2. The second-order valence-corrected chi connectivity index (χ2v) is 5.11. The molecular formula is C16H15ClN2O2. The number of hydrogen-bond donors (Lipinski definition) is 1. The molecule has 4 nitrogen and oxygen atoms in total. The third-order valence-corrected chi connectivity index (χ3v) is 3.41. The van der Waals surface area contributed by atoms with E-state index in [4.69, 9.17) is 21.1 Å². The van der Waals surface area contributed by atoms with Crippen LogP contribution in [0.5, 0.6) is 11.5 Å². The quantitative estimate of drug-likeness (QED) is 0.689. The minimum absolute atomic E-state index is 0.579. The van der Waals surface area contributed by atoms with E-state index in [0.717, 1.165) is 28.5 Å². The number of fused-ring (bicyclic) bond motifs is 1. The summed E-state index contributed by atoms with van der Waals surface area (Å²) in [4.78, 5) is 0. The van der Waals surface area contributed by atoms with Gasteiger partial charge in [-0.05, 0) is 49.4 Å². The SMILES string of the molecule is C/C(=N/Nc1ccc(Cl)cc1)c1ccc2c(c1)OCCO2. The van der Waals surface area contributed by atoms with Crippen molar-refractivity contribution in [2.45, 2.75) is 6.92 Å². The van der Waals surface area contributed by atoms with Crippen molar-refractivity contribution in [3.8, 4) is 11.5 Å². The lowest BCUT2D eigenvalue weighted by Crippen LogP contribution is -2.15. The number of hydrazone groups is 1. The highest BCUT2D eigenvalue weighted by Crippen LogP contribution is 2.30. The van der Waals surface area contributed by atoms with E-state index in [0.29, 0.717) is 18.2 Å². The summed E-state index contributed by atoms with van der Waals surface area (Å²) in [5.74, 6) is 1.54. The summed E-state index contributed by atoms with van der Waals surface area (Å²) in [6.45, 7) is 3.11. The molecule has 1 aliphatic rings. The second-order valence-electron chi connectivity index (χ2n) is 4.67. The maximum atomic E-state index is 5.85. The Morgan fingerprint density at radius 3 is 2.52 bits per heavy atom. The topological polar surface area (TPSA) is 42.9 Å². The molecular weight excluding hydrogens is 288 g/mol. The predicted octanol–water partition coefficient (Wildman–Crippen LogP) is 3.95. The fraction of sp³-hybridized carbons (Fsp3) is 0.188. The van der Waals surface area contributed by atoms with Crippen LogP contribution in [0.25, 0.3) is 0 Å². The lowest BCUT2D eigenvalue weighted by molar-refractivity contribution is 0.171. The molecule has 0 bridgehead atoms. The Balaban J connectivity index is 1.76. The molecule has 0 aromatic heterocycles. The lowest BCUT2D eigenvalue weighted by atomic mass is 10.1. The van der Waals surface area contributed by atoms with Crippen LogP contribution in [-0.4, -0.2) is 18.9 Å². The van der Waals surface area contributed by atoms with Crippen LogP contribution >= 0.6 is 11.6 Å². The Morgan fingerprint density at radius 2 is 1.76 bits per heavy atom. The fourth-order valence-corrected chi connectivity index (χ4v) is 2.13. The van der Waals surface area contributed by atoms with E-state index in [9.17, 15) is 0 Å². The zero-order valence-electron chi connectivity index (χ0n) is 11.6. The minimum Gasteiger partial charge on any atom is -0.486 e. The Labute approximate surface area is 128 Å². The van der Waals surface area contributed by atoms with Gasteiger partial charge in [0.15, 0.2) is 11.5 Å². The van der Waals surface area contributed by atoms with Crippen molar-refractivity contribution in [1.29, 1.82) is 0 Å². The number of halogens is 1. The minimum atomic E-state index is 0.579. The molecule has 21 heavy (non-hydrogen) atoms. The van der Waals surface area contributed by atoms with Crippen molar-refractivity contribution >= 4 is 23.0 Å². The highest BCUT2D eigenvalue weighted by Gasteiger charge is 2.12. The van der Waals surface area contributed by atoms with Gasteiger partial charge in [0.2, 0.25) is 0 Å². The number of hydrogen-bond acceptors (Lipinski definition) is 4. The van der Waals surface area contributed by atoms with Crippen molar-refractivity contribution in [3.05, 3.63) is 53.1 Å². The molecule has 1 N–H and O–H groups in total. The van der Waals surface area contributed by atoms with Gasteiger partial charge in [0, 0.05) is 10.6 Å². The molecule has 0 atom stereocenters. The molecule has 5 heteroatoms. The third-order valence-electron chi connectivity index (χ3n) is 3.16. The van der Waals surface area contributed by atoms with Crippen LogP contribution < -0.4 is 14.9 Å². The molecule has 2 aromatic carbocycles. The smallest absolute Gasteiger partial charge is 0.162 e. The monoisotopic (exact) mass is 302 g/mol. The molecule has 3 rings (SSSR count). The van der Waals surface area contributed by atoms with Crippen molar-refractivity contribution in [2.75, 3.05) is 18.6 Å². The standard InChI is InChI=1S/C16H15ClN2O2/c1-11(18-19-14-5-3-13(17)4-6-14)12-2-7-15-16(10-12)21-9-8-20-15/h2-7,10,19H,8-9H2,1H3/b18-11-. The highest BCUT2D eigenvalue weighted by atomic mass is 35.5. The number of nitrogens with one attached hydrogen (secondary N) is 1. The third kappa shape index (κ3) is 3.28. The largest absolute Gasteiger partial charge is 0.486 e. The van der Waals surface area contributed by atoms with E-state index >= 15 is 0 Å². The first-order valence-corrected chi connectivity index (χ1v) is 7.06. The van der Waals surface area contributed by atoms with E-state index in [1.165, 1.54) is 0 Å². The molecule has 0 fully saturated rings. The van der Waals surface area contributed by atoms with Crippen LogP contribution in [0.2, 0.25) is 5.02 Å². The first-order chi connectivity index (χ1) is 10.2. The fourth-order valence-electron chi connectivity index (χ4n) is 2.01. The molecule has 0 unspecified atom stereocenters. The summed E-state index contributed by atoms with van der Waals surface area (Å²) < 4.78 is 11.1. The van der Waals surface area contributed by atoms with Crippen molar-refractivity contribution < 1.29 is 9.47 Å². The molecule has 2 aromatic rings. The van der Waals surface area contributed by atoms with Crippen LogP contribution in [-0.2, 0) is 0 Å². The normalized spacial score (nSPS) is 13.9. The maximum absolute atomic E-state index is 5.85.